The van der Waals surface area contributed by atoms with E-state index in [0.717, 1.165) is 9.87 Å². The van der Waals surface area contributed by atoms with Gasteiger partial charge in [0, 0.05) is 12.8 Å². The number of hydrogen-bond acceptors (Lipinski definition) is 5. The van der Waals surface area contributed by atoms with Crippen LogP contribution >= 0.6 is 0 Å². The van der Waals surface area contributed by atoms with Crippen molar-refractivity contribution in [3.05, 3.63) is 84.4 Å². The predicted octanol–water partition coefficient (Wildman–Crippen LogP) is 4.07. The predicted molar refractivity (Wildman–Crippen MR) is 124 cm³/mol. The number of carbonyl (C=O) groups is 1. The molecule has 0 fully saturated rings. The fourth-order valence-electron chi connectivity index (χ4n) is 3.20. The van der Waals surface area contributed by atoms with E-state index in [1.807, 2.05) is 13.0 Å². The van der Waals surface area contributed by atoms with Gasteiger partial charge in [-0.05, 0) is 48.9 Å². The molecule has 3 aromatic rings. The zero-order valence-corrected chi connectivity index (χ0v) is 18.8. The smallest absolute Gasteiger partial charge is 0.264 e. The van der Waals surface area contributed by atoms with Crippen LogP contribution in [0.1, 0.15) is 12.5 Å². The molecule has 0 atom stereocenters. The Balaban J connectivity index is 1.95. The fraction of sp³-hybridized carbons (Fsp3) is 0.208. The van der Waals surface area contributed by atoms with Crippen LogP contribution in [0.4, 0.5) is 11.4 Å². The van der Waals surface area contributed by atoms with Crippen LogP contribution in [-0.2, 0) is 26.2 Å². The van der Waals surface area contributed by atoms with Gasteiger partial charge in [-0.25, -0.2) is 8.42 Å². The summed E-state index contributed by atoms with van der Waals surface area (Å²) in [6.07, 6.45) is 0. The summed E-state index contributed by atoms with van der Waals surface area (Å²) in [5.74, 6) is -0.102. The Bertz CT molecular complexity index is 1150. The van der Waals surface area contributed by atoms with E-state index in [1.165, 1.54) is 12.1 Å². The van der Waals surface area contributed by atoms with E-state index in [-0.39, 0.29) is 4.90 Å². The van der Waals surface area contributed by atoms with Crippen molar-refractivity contribution in [1.82, 2.24) is 0 Å². The summed E-state index contributed by atoms with van der Waals surface area (Å²) in [7, 11) is -2.44. The van der Waals surface area contributed by atoms with Gasteiger partial charge in [-0.2, -0.15) is 0 Å². The molecule has 0 spiro atoms. The van der Waals surface area contributed by atoms with Gasteiger partial charge < -0.3 is 14.8 Å². The number of rotatable bonds is 10. The fourth-order valence-corrected chi connectivity index (χ4v) is 4.65. The van der Waals surface area contributed by atoms with Gasteiger partial charge in [-0.1, -0.05) is 42.5 Å². The van der Waals surface area contributed by atoms with E-state index < -0.39 is 22.5 Å². The van der Waals surface area contributed by atoms with E-state index in [0.29, 0.717) is 30.3 Å². The van der Waals surface area contributed by atoms with E-state index in [4.69, 9.17) is 9.47 Å². The summed E-state index contributed by atoms with van der Waals surface area (Å²) in [6.45, 7) is 2.15. The molecule has 0 aromatic heterocycles. The van der Waals surface area contributed by atoms with Crippen LogP contribution < -0.4 is 14.4 Å². The lowest BCUT2D eigenvalue weighted by Crippen LogP contribution is -2.38. The van der Waals surface area contributed by atoms with Gasteiger partial charge in [-0.3, -0.25) is 9.10 Å². The second kappa shape index (κ2) is 10.8. The average molecular weight is 455 g/mol. The quantitative estimate of drug-likeness (QED) is 0.499. The van der Waals surface area contributed by atoms with Gasteiger partial charge in [0.25, 0.3) is 10.0 Å². The molecule has 8 heteroatoms. The van der Waals surface area contributed by atoms with E-state index in [9.17, 15) is 13.2 Å². The van der Waals surface area contributed by atoms with Crippen molar-refractivity contribution in [3.63, 3.8) is 0 Å². The molecule has 0 aliphatic heterocycles. The molecule has 32 heavy (non-hydrogen) atoms. The average Bonchev–Trinajstić information content (AvgIpc) is 2.79. The molecule has 0 radical (unpaired) electrons. The number of para-hydroxylation sites is 2. The zero-order chi connectivity index (χ0) is 23.0. The summed E-state index contributed by atoms with van der Waals surface area (Å²) in [4.78, 5) is 13.0. The van der Waals surface area contributed by atoms with Crippen LogP contribution in [0.3, 0.4) is 0 Å². The van der Waals surface area contributed by atoms with Crippen molar-refractivity contribution < 1.29 is 22.7 Å². The topological polar surface area (TPSA) is 84.9 Å². The number of amides is 1. The number of anilines is 2. The lowest BCUT2D eigenvalue weighted by atomic mass is 10.2. The first kappa shape index (κ1) is 23.3. The minimum absolute atomic E-state index is 0.0844. The highest BCUT2D eigenvalue weighted by molar-refractivity contribution is 7.92. The third-order valence-electron chi connectivity index (χ3n) is 4.57. The standard InChI is InChI=1S/C24H26N2O5S/c1-3-31-23-15-8-7-14-22(23)26(32(28,29)21-12-5-4-6-13-21)17-24(27)25-20-11-9-10-19(16-20)18-30-2/h4-16H,3,17-18H2,1-2H3,(H,25,27). The number of methoxy groups -OCH3 is 1. The van der Waals surface area contributed by atoms with E-state index >= 15 is 0 Å². The Hall–Kier alpha value is -3.36. The maximum Gasteiger partial charge on any atom is 0.264 e. The molecule has 0 aliphatic carbocycles. The molecule has 168 valence electrons. The molecule has 7 nitrogen and oxygen atoms in total. The molecular formula is C24H26N2O5S. The van der Waals surface area contributed by atoms with Crippen molar-refractivity contribution in [2.45, 2.75) is 18.4 Å². The molecule has 1 N–H and O–H groups in total. The van der Waals surface area contributed by atoms with Gasteiger partial charge in [0.05, 0.1) is 23.8 Å². The first-order valence-electron chi connectivity index (χ1n) is 10.1. The highest BCUT2D eigenvalue weighted by atomic mass is 32.2. The number of benzene rings is 3. The van der Waals surface area contributed by atoms with Crippen LogP contribution in [0, 0.1) is 0 Å². The SMILES string of the molecule is CCOc1ccccc1N(CC(=O)Nc1cccc(COC)c1)S(=O)(=O)c1ccccc1. The van der Waals surface area contributed by atoms with Crippen LogP contribution in [0.25, 0.3) is 0 Å². The normalized spacial score (nSPS) is 11.1. The van der Waals surface area contributed by atoms with Gasteiger partial charge in [0.15, 0.2) is 0 Å². The molecule has 0 aliphatic rings. The monoisotopic (exact) mass is 454 g/mol. The van der Waals surface area contributed by atoms with Gasteiger partial charge >= 0.3 is 0 Å². The lowest BCUT2D eigenvalue weighted by molar-refractivity contribution is -0.114. The summed E-state index contributed by atoms with van der Waals surface area (Å²) >= 11 is 0. The second-order valence-corrected chi connectivity index (χ2v) is 8.77. The number of sulfonamides is 1. The number of hydrogen-bond donors (Lipinski definition) is 1. The maximum atomic E-state index is 13.5. The molecule has 0 saturated carbocycles. The number of nitrogens with one attached hydrogen (secondary N) is 1. The Morgan fingerprint density at radius 1 is 0.969 bits per heavy atom. The van der Waals surface area contributed by atoms with Gasteiger partial charge in [-0.15, -0.1) is 0 Å². The third-order valence-corrected chi connectivity index (χ3v) is 6.35. The van der Waals surface area contributed by atoms with Gasteiger partial charge in [0.2, 0.25) is 5.91 Å². The molecule has 0 bridgehead atoms. The largest absolute Gasteiger partial charge is 0.492 e. The van der Waals surface area contributed by atoms with E-state index in [1.54, 1.807) is 67.8 Å². The zero-order valence-electron chi connectivity index (χ0n) is 18.0. The Kier molecular flexibility index (Phi) is 7.86. The Labute approximate surface area is 188 Å². The van der Waals surface area contributed by atoms with Crippen LogP contribution in [0.5, 0.6) is 5.75 Å². The summed E-state index contributed by atoms with van der Waals surface area (Å²) in [5, 5.41) is 2.77. The number of ether oxygens (including phenoxy) is 2. The molecule has 0 unspecified atom stereocenters. The minimum Gasteiger partial charge on any atom is -0.492 e. The Morgan fingerprint density at radius 2 is 1.69 bits per heavy atom. The maximum absolute atomic E-state index is 13.5. The minimum atomic E-state index is -4.03. The van der Waals surface area contributed by atoms with E-state index in [2.05, 4.69) is 5.32 Å². The highest BCUT2D eigenvalue weighted by Gasteiger charge is 2.29. The van der Waals surface area contributed by atoms with Crippen LogP contribution in [-0.4, -0.2) is 34.6 Å². The molecular weight excluding hydrogens is 428 g/mol. The highest BCUT2D eigenvalue weighted by Crippen LogP contribution is 2.32. The van der Waals surface area contributed by atoms with Crippen molar-refractivity contribution in [3.8, 4) is 5.75 Å². The molecule has 3 aromatic carbocycles. The van der Waals surface area contributed by atoms with Crippen molar-refractivity contribution >= 4 is 27.3 Å². The van der Waals surface area contributed by atoms with Gasteiger partial charge in [0.1, 0.15) is 12.3 Å². The summed E-state index contributed by atoms with van der Waals surface area (Å²) in [5.41, 5.74) is 1.74. The molecule has 0 heterocycles. The van der Waals surface area contributed by atoms with Crippen molar-refractivity contribution in [1.29, 1.82) is 0 Å². The van der Waals surface area contributed by atoms with Crippen molar-refractivity contribution in [2.24, 2.45) is 0 Å². The first-order valence-corrected chi connectivity index (χ1v) is 11.6. The first-order chi connectivity index (χ1) is 15.5. The number of carbonyl (C=O) groups excluding carboxylic acids is 1. The van der Waals surface area contributed by atoms with Crippen LogP contribution in [0.15, 0.2) is 83.8 Å². The summed E-state index contributed by atoms with van der Waals surface area (Å²) < 4.78 is 38.8. The third kappa shape index (κ3) is 5.66. The molecule has 1 amide bonds. The molecule has 3 rings (SSSR count). The molecule has 0 saturated heterocycles. The number of nitrogens with zero attached hydrogens (tertiary/aromatic N) is 1. The van der Waals surface area contributed by atoms with Crippen molar-refractivity contribution in [2.75, 3.05) is 29.9 Å². The Morgan fingerprint density at radius 3 is 2.41 bits per heavy atom. The van der Waals surface area contributed by atoms with Crippen LogP contribution in [0.2, 0.25) is 0 Å². The lowest BCUT2D eigenvalue weighted by Gasteiger charge is -2.26. The summed E-state index contributed by atoms with van der Waals surface area (Å²) in [6, 6.07) is 22.0. The second-order valence-electron chi connectivity index (χ2n) is 6.91.